The largest absolute Gasteiger partial charge is 0.481 e. The molecule has 0 fully saturated rings. The summed E-state index contributed by atoms with van der Waals surface area (Å²) in [6.45, 7) is 5.74. The maximum absolute atomic E-state index is 13.3. The second-order valence-corrected chi connectivity index (χ2v) is 13.5. The molecule has 23 heteroatoms. The van der Waals surface area contributed by atoms with Gasteiger partial charge in [-0.1, -0.05) is 0 Å². The third kappa shape index (κ3) is 21.5. The van der Waals surface area contributed by atoms with Gasteiger partial charge < -0.3 is 69.7 Å². The average Bonchev–Trinajstić information content (AvgIpc) is 3.13. The molecule has 0 spiro atoms. The van der Waals surface area contributed by atoms with Crippen molar-refractivity contribution in [3.05, 3.63) is 0 Å². The zero-order valence-electron chi connectivity index (χ0n) is 32.8. The molecule has 16 N–H and O–H groups in total. The summed E-state index contributed by atoms with van der Waals surface area (Å²) in [7, 11) is 0. The van der Waals surface area contributed by atoms with Gasteiger partial charge in [-0.15, -0.1) is 0 Å². The highest BCUT2D eigenvalue weighted by molar-refractivity contribution is 5.97. The van der Waals surface area contributed by atoms with Crippen molar-refractivity contribution in [2.24, 2.45) is 17.2 Å². The molecule has 57 heavy (non-hydrogen) atoms. The van der Waals surface area contributed by atoms with Crippen molar-refractivity contribution < 1.29 is 63.3 Å². The van der Waals surface area contributed by atoms with Crippen LogP contribution < -0.4 is 54.4 Å². The van der Waals surface area contributed by atoms with Crippen LogP contribution in [0.1, 0.15) is 91.9 Å². The Morgan fingerprint density at radius 3 is 1.02 bits per heavy atom. The van der Waals surface area contributed by atoms with Gasteiger partial charge in [0.15, 0.2) is 0 Å². The molecule has 0 rings (SSSR count). The van der Waals surface area contributed by atoms with E-state index in [1.165, 1.54) is 27.7 Å². The van der Waals surface area contributed by atoms with Gasteiger partial charge in [-0.2, -0.15) is 0 Å². The lowest BCUT2D eigenvalue weighted by Crippen LogP contribution is -2.59. The second kappa shape index (κ2) is 27.2. The maximum atomic E-state index is 13.3. The van der Waals surface area contributed by atoms with E-state index < -0.39 is 127 Å². The monoisotopic (exact) mass is 816 g/mol. The molecule has 0 bridgehead atoms. The van der Waals surface area contributed by atoms with E-state index in [0.717, 1.165) is 0 Å². The molecule has 0 saturated carbocycles. The lowest BCUT2D eigenvalue weighted by Gasteiger charge is -2.25. The van der Waals surface area contributed by atoms with Gasteiger partial charge in [-0.3, -0.25) is 43.2 Å². The topological polar surface area (TPSA) is 394 Å². The number of nitrogens with one attached hydrogen (secondary N) is 7. The first-order valence-corrected chi connectivity index (χ1v) is 18.6. The van der Waals surface area contributed by atoms with Crippen LogP contribution in [0, 0.1) is 0 Å². The number of carboxylic acid groups (broad SMARTS) is 3. The van der Waals surface area contributed by atoms with E-state index in [4.69, 9.17) is 22.3 Å². The van der Waals surface area contributed by atoms with Gasteiger partial charge in [0.25, 0.3) is 0 Å². The van der Waals surface area contributed by atoms with E-state index in [2.05, 4.69) is 37.2 Å². The molecule has 0 saturated heterocycles. The third-order valence-electron chi connectivity index (χ3n) is 8.37. The van der Waals surface area contributed by atoms with Crippen LogP contribution in [-0.2, 0) is 47.9 Å². The zero-order chi connectivity index (χ0) is 43.8. The number of rotatable bonds is 29. The fraction of sp³-hybridized carbons (Fsp3) is 0.706. The maximum Gasteiger partial charge on any atom is 0.326 e. The van der Waals surface area contributed by atoms with Crippen molar-refractivity contribution in [2.45, 2.75) is 140 Å². The Kier molecular flexibility index (Phi) is 24.6. The van der Waals surface area contributed by atoms with Crippen molar-refractivity contribution in [2.75, 3.05) is 13.1 Å². The van der Waals surface area contributed by atoms with Crippen LogP contribution in [0.5, 0.6) is 0 Å². The van der Waals surface area contributed by atoms with E-state index >= 15 is 0 Å². The van der Waals surface area contributed by atoms with Crippen molar-refractivity contribution in [1.82, 2.24) is 37.2 Å². The number of carbonyl (C=O) groups excluding carboxylic acids is 7. The minimum atomic E-state index is -1.54. The van der Waals surface area contributed by atoms with E-state index in [9.17, 15) is 58.2 Å². The molecule has 0 radical (unpaired) electrons. The number of nitrogens with two attached hydrogens (primary N) is 3. The minimum Gasteiger partial charge on any atom is -0.481 e. The number of unbranched alkanes of at least 4 members (excludes halogenated alkanes) is 2. The number of hydrogen-bond donors (Lipinski definition) is 13. The van der Waals surface area contributed by atoms with Gasteiger partial charge in [0.05, 0.1) is 6.04 Å². The Balaban J connectivity index is 5.77. The van der Waals surface area contributed by atoms with Crippen molar-refractivity contribution in [1.29, 1.82) is 0 Å². The van der Waals surface area contributed by atoms with Crippen molar-refractivity contribution in [3.8, 4) is 0 Å². The van der Waals surface area contributed by atoms with Gasteiger partial charge in [0, 0.05) is 12.8 Å². The van der Waals surface area contributed by atoms with Crippen LogP contribution in [0.4, 0.5) is 0 Å². The summed E-state index contributed by atoms with van der Waals surface area (Å²) in [5.41, 5.74) is 16.5. The smallest absolute Gasteiger partial charge is 0.326 e. The standard InChI is InChI=1S/C34H60N10O13/c1-17(37)27(49)41-22(11-13-25(45)46)32(54)39-19(3)29(51)43-23(12-14-26(47)48)33(55)40-18(2)28(50)42-21(9-5-7-15-35)31(53)38-20(4)30(52)44-24(34(56)57)10-6-8-16-36/h17-24H,5-16,35-37H2,1-4H3,(H,38,53)(H,39,54)(H,40,55)(H,41,49)(H,42,50)(H,43,51)(H,44,52)(H,45,46)(H,47,48)(H,56,57)/t17-,18-,19-,20-,21-,22-,23-,24-/m0/s1. The number of amides is 7. The van der Waals surface area contributed by atoms with E-state index in [1.807, 2.05) is 0 Å². The molecular formula is C34H60N10O13. The SMILES string of the molecule is C[C@H](N)C(=O)N[C@@H](CCC(=O)O)C(=O)N[C@@H](C)C(=O)N[C@@H](CCC(=O)O)C(=O)N[C@@H](C)C(=O)N[C@@H](CCCCN)C(=O)N[C@@H](C)C(=O)N[C@@H](CCCCN)C(=O)O. The van der Waals surface area contributed by atoms with Crippen LogP contribution in [0.15, 0.2) is 0 Å². The minimum absolute atomic E-state index is 0.0631. The second-order valence-electron chi connectivity index (χ2n) is 13.5. The quantitative estimate of drug-likeness (QED) is 0.0319. The summed E-state index contributed by atoms with van der Waals surface area (Å²) in [6.07, 6.45) is 0.100. The van der Waals surface area contributed by atoms with Gasteiger partial charge in [0.2, 0.25) is 41.4 Å². The summed E-state index contributed by atoms with van der Waals surface area (Å²) in [5.74, 6) is -9.96. The summed E-state index contributed by atoms with van der Waals surface area (Å²) in [5, 5.41) is 44.3. The van der Waals surface area contributed by atoms with Crippen LogP contribution in [0.2, 0.25) is 0 Å². The molecule has 23 nitrogen and oxygen atoms in total. The number of hydrogen-bond acceptors (Lipinski definition) is 13. The van der Waals surface area contributed by atoms with Crippen LogP contribution in [0.3, 0.4) is 0 Å². The summed E-state index contributed by atoms with van der Waals surface area (Å²) in [4.78, 5) is 125. The molecule has 324 valence electrons. The Morgan fingerprint density at radius 2 is 0.719 bits per heavy atom. The van der Waals surface area contributed by atoms with E-state index in [-0.39, 0.29) is 25.8 Å². The molecule has 7 amide bonds. The Hall–Kier alpha value is -5.42. The third-order valence-corrected chi connectivity index (χ3v) is 8.37. The molecule has 0 aliphatic carbocycles. The first-order chi connectivity index (χ1) is 26.6. The lowest BCUT2D eigenvalue weighted by molar-refractivity contribution is -0.142. The fourth-order valence-electron chi connectivity index (χ4n) is 4.92. The fourth-order valence-corrected chi connectivity index (χ4v) is 4.92. The highest BCUT2D eigenvalue weighted by Gasteiger charge is 2.32. The van der Waals surface area contributed by atoms with Gasteiger partial charge in [0.1, 0.15) is 42.3 Å². The van der Waals surface area contributed by atoms with Gasteiger partial charge in [-0.05, 0) is 92.2 Å². The van der Waals surface area contributed by atoms with Crippen LogP contribution in [-0.4, -0.2) is 136 Å². The van der Waals surface area contributed by atoms with Gasteiger partial charge in [-0.25, -0.2) is 4.79 Å². The van der Waals surface area contributed by atoms with Gasteiger partial charge >= 0.3 is 17.9 Å². The Bertz CT molecular complexity index is 1410. The lowest BCUT2D eigenvalue weighted by atomic mass is 10.1. The first-order valence-electron chi connectivity index (χ1n) is 18.6. The summed E-state index contributed by atoms with van der Waals surface area (Å²) in [6, 6.07) is -10.4. The molecule has 0 aromatic heterocycles. The van der Waals surface area contributed by atoms with E-state index in [1.54, 1.807) is 0 Å². The summed E-state index contributed by atoms with van der Waals surface area (Å²) < 4.78 is 0. The van der Waals surface area contributed by atoms with Crippen LogP contribution in [0.25, 0.3) is 0 Å². The average molecular weight is 817 g/mol. The van der Waals surface area contributed by atoms with Crippen molar-refractivity contribution in [3.63, 3.8) is 0 Å². The Labute approximate surface area is 330 Å². The molecule has 0 aliphatic heterocycles. The van der Waals surface area contributed by atoms with E-state index in [0.29, 0.717) is 32.2 Å². The first kappa shape index (κ1) is 51.6. The predicted molar refractivity (Wildman–Crippen MR) is 201 cm³/mol. The number of aliphatic carboxylic acids is 3. The highest BCUT2D eigenvalue weighted by Crippen LogP contribution is 2.06. The number of carbonyl (C=O) groups is 10. The zero-order valence-corrected chi connectivity index (χ0v) is 32.8. The molecule has 0 heterocycles. The summed E-state index contributed by atoms with van der Waals surface area (Å²) >= 11 is 0. The molecule has 0 unspecified atom stereocenters. The number of carboxylic acids is 3. The van der Waals surface area contributed by atoms with Crippen LogP contribution >= 0.6 is 0 Å². The molecule has 0 aromatic carbocycles. The molecule has 0 aliphatic rings. The molecule has 0 aromatic rings. The highest BCUT2D eigenvalue weighted by atomic mass is 16.4. The molecule has 8 atom stereocenters. The van der Waals surface area contributed by atoms with Crippen molar-refractivity contribution >= 4 is 59.3 Å². The Morgan fingerprint density at radius 1 is 0.421 bits per heavy atom. The predicted octanol–water partition coefficient (Wildman–Crippen LogP) is -4.14. The normalized spacial score (nSPS) is 15.1. The molecular weight excluding hydrogens is 756 g/mol.